The molecular formula is C10H20N2O2. The molecule has 0 saturated carbocycles. The van der Waals surface area contributed by atoms with Crippen LogP contribution in [0.3, 0.4) is 0 Å². The third-order valence-electron chi connectivity index (χ3n) is 2.75. The lowest BCUT2D eigenvalue weighted by molar-refractivity contribution is -0.149. The van der Waals surface area contributed by atoms with Crippen molar-refractivity contribution < 1.29 is 9.53 Å². The molecule has 4 heteroatoms. The molecule has 0 aromatic carbocycles. The van der Waals surface area contributed by atoms with E-state index >= 15 is 0 Å². The molecule has 2 N–H and O–H groups in total. The molecule has 1 saturated heterocycles. The zero-order valence-corrected chi connectivity index (χ0v) is 9.03. The summed E-state index contributed by atoms with van der Waals surface area (Å²) in [5.74, 6) is -0.122. The van der Waals surface area contributed by atoms with Gasteiger partial charge < -0.3 is 10.5 Å². The monoisotopic (exact) mass is 200 g/mol. The highest BCUT2D eigenvalue weighted by Crippen LogP contribution is 2.12. The number of hydrogen-bond donors (Lipinski definition) is 1. The smallest absolute Gasteiger partial charge is 0.323 e. The van der Waals surface area contributed by atoms with E-state index in [1.807, 2.05) is 13.8 Å². The molecule has 1 atom stereocenters. The van der Waals surface area contributed by atoms with Gasteiger partial charge >= 0.3 is 5.97 Å². The van der Waals surface area contributed by atoms with Gasteiger partial charge in [0.05, 0.1) is 6.61 Å². The van der Waals surface area contributed by atoms with Crippen molar-refractivity contribution in [3.63, 3.8) is 0 Å². The van der Waals surface area contributed by atoms with Gasteiger partial charge in [0.15, 0.2) is 0 Å². The summed E-state index contributed by atoms with van der Waals surface area (Å²) in [6, 6.07) is 0.183. The molecule has 14 heavy (non-hydrogen) atoms. The van der Waals surface area contributed by atoms with Crippen LogP contribution in [0.5, 0.6) is 0 Å². The zero-order valence-electron chi connectivity index (χ0n) is 9.03. The van der Waals surface area contributed by atoms with Crippen molar-refractivity contribution in [3.05, 3.63) is 0 Å². The minimum atomic E-state index is -0.123. The first-order chi connectivity index (χ1) is 6.65. The predicted octanol–water partition coefficient (Wildman–Crippen LogP) is 0.361. The van der Waals surface area contributed by atoms with Crippen LogP contribution in [0.4, 0.5) is 0 Å². The van der Waals surface area contributed by atoms with Crippen molar-refractivity contribution >= 4 is 5.97 Å². The van der Waals surface area contributed by atoms with Crippen LogP contribution in [-0.4, -0.2) is 42.6 Å². The van der Waals surface area contributed by atoms with Gasteiger partial charge in [-0.1, -0.05) is 0 Å². The fraction of sp³-hybridized carbons (Fsp3) is 0.900. The van der Waals surface area contributed by atoms with Crippen LogP contribution in [-0.2, 0) is 9.53 Å². The van der Waals surface area contributed by atoms with Gasteiger partial charge in [0.1, 0.15) is 6.04 Å². The molecule has 0 bridgehead atoms. The Kier molecular flexibility index (Phi) is 4.35. The Morgan fingerprint density at radius 3 is 2.64 bits per heavy atom. The number of hydrogen-bond acceptors (Lipinski definition) is 4. The summed E-state index contributed by atoms with van der Waals surface area (Å²) in [5, 5.41) is 0. The molecule has 0 radical (unpaired) electrons. The van der Waals surface area contributed by atoms with Crippen LogP contribution in [0, 0.1) is 0 Å². The van der Waals surface area contributed by atoms with Crippen molar-refractivity contribution in [2.24, 2.45) is 5.73 Å². The summed E-state index contributed by atoms with van der Waals surface area (Å²) >= 11 is 0. The molecule has 1 heterocycles. The standard InChI is InChI=1S/C10H20N2O2/c1-3-14-10(13)8(2)12-6-4-9(11)5-7-12/h8-9H,3-7,11H2,1-2H3. The second kappa shape index (κ2) is 5.32. The van der Waals surface area contributed by atoms with Gasteiger partial charge in [-0.15, -0.1) is 0 Å². The highest BCUT2D eigenvalue weighted by atomic mass is 16.5. The summed E-state index contributed by atoms with van der Waals surface area (Å²) < 4.78 is 4.97. The van der Waals surface area contributed by atoms with E-state index in [1.54, 1.807) is 0 Å². The predicted molar refractivity (Wildman–Crippen MR) is 54.9 cm³/mol. The third kappa shape index (κ3) is 2.96. The van der Waals surface area contributed by atoms with Crippen LogP contribution < -0.4 is 5.73 Å². The van der Waals surface area contributed by atoms with Gasteiger partial charge in [-0.2, -0.15) is 0 Å². The van der Waals surface area contributed by atoms with Gasteiger partial charge in [0.2, 0.25) is 0 Å². The van der Waals surface area contributed by atoms with Crippen molar-refractivity contribution in [2.45, 2.75) is 38.8 Å². The first-order valence-corrected chi connectivity index (χ1v) is 5.31. The summed E-state index contributed by atoms with van der Waals surface area (Å²) in [6.45, 7) is 5.99. The third-order valence-corrected chi connectivity index (χ3v) is 2.75. The number of piperidine rings is 1. The number of esters is 1. The first kappa shape index (κ1) is 11.5. The Balaban J connectivity index is 2.37. The van der Waals surface area contributed by atoms with Crippen LogP contribution in [0.25, 0.3) is 0 Å². The van der Waals surface area contributed by atoms with Gasteiger partial charge in [0.25, 0.3) is 0 Å². The Morgan fingerprint density at radius 2 is 2.14 bits per heavy atom. The Morgan fingerprint density at radius 1 is 1.57 bits per heavy atom. The molecule has 1 aliphatic heterocycles. The van der Waals surface area contributed by atoms with Gasteiger partial charge in [-0.25, -0.2) is 0 Å². The summed E-state index contributed by atoms with van der Waals surface area (Å²) in [6.07, 6.45) is 1.95. The maximum atomic E-state index is 11.4. The van der Waals surface area contributed by atoms with Crippen molar-refractivity contribution in [3.8, 4) is 0 Å². The molecule has 1 aliphatic rings. The maximum absolute atomic E-state index is 11.4. The van der Waals surface area contributed by atoms with E-state index in [4.69, 9.17) is 10.5 Å². The molecular weight excluding hydrogens is 180 g/mol. The van der Waals surface area contributed by atoms with E-state index in [0.29, 0.717) is 12.6 Å². The highest BCUT2D eigenvalue weighted by Gasteiger charge is 2.25. The number of likely N-dealkylation sites (tertiary alicyclic amines) is 1. The largest absolute Gasteiger partial charge is 0.465 e. The molecule has 0 aromatic rings. The van der Waals surface area contributed by atoms with Gasteiger partial charge in [-0.05, 0) is 26.7 Å². The van der Waals surface area contributed by atoms with Gasteiger partial charge in [-0.3, -0.25) is 9.69 Å². The molecule has 0 amide bonds. The molecule has 0 spiro atoms. The fourth-order valence-electron chi connectivity index (χ4n) is 1.72. The highest BCUT2D eigenvalue weighted by molar-refractivity contribution is 5.75. The summed E-state index contributed by atoms with van der Waals surface area (Å²) in [5.41, 5.74) is 5.79. The summed E-state index contributed by atoms with van der Waals surface area (Å²) in [4.78, 5) is 13.6. The minimum absolute atomic E-state index is 0.122. The average Bonchev–Trinajstić information content (AvgIpc) is 2.18. The van der Waals surface area contributed by atoms with Crippen LogP contribution in [0.2, 0.25) is 0 Å². The number of rotatable bonds is 3. The molecule has 1 unspecified atom stereocenters. The van der Waals surface area contributed by atoms with Crippen LogP contribution in [0.15, 0.2) is 0 Å². The number of carbonyl (C=O) groups is 1. The van der Waals surface area contributed by atoms with Crippen LogP contribution in [0.1, 0.15) is 26.7 Å². The van der Waals surface area contributed by atoms with E-state index < -0.39 is 0 Å². The normalized spacial score (nSPS) is 21.9. The number of carbonyl (C=O) groups excluding carboxylic acids is 1. The van der Waals surface area contributed by atoms with E-state index in [1.165, 1.54) is 0 Å². The maximum Gasteiger partial charge on any atom is 0.323 e. The van der Waals surface area contributed by atoms with Gasteiger partial charge in [0, 0.05) is 19.1 Å². The Bertz CT molecular complexity index is 189. The van der Waals surface area contributed by atoms with E-state index in [-0.39, 0.29) is 12.0 Å². The zero-order chi connectivity index (χ0) is 10.6. The molecule has 0 aromatic heterocycles. The molecule has 0 aliphatic carbocycles. The SMILES string of the molecule is CCOC(=O)C(C)N1CCC(N)CC1. The lowest BCUT2D eigenvalue weighted by atomic mass is 10.0. The fourth-order valence-corrected chi connectivity index (χ4v) is 1.72. The summed E-state index contributed by atoms with van der Waals surface area (Å²) in [7, 11) is 0. The second-order valence-corrected chi connectivity index (χ2v) is 3.80. The number of nitrogens with two attached hydrogens (primary N) is 1. The van der Waals surface area contributed by atoms with Crippen molar-refractivity contribution in [1.29, 1.82) is 0 Å². The first-order valence-electron chi connectivity index (χ1n) is 5.31. The number of nitrogens with zero attached hydrogens (tertiary/aromatic N) is 1. The molecule has 1 rings (SSSR count). The Hall–Kier alpha value is -0.610. The van der Waals surface area contributed by atoms with Crippen LogP contribution >= 0.6 is 0 Å². The molecule has 1 fully saturated rings. The average molecular weight is 200 g/mol. The quantitative estimate of drug-likeness (QED) is 0.668. The Labute approximate surface area is 85.4 Å². The lowest BCUT2D eigenvalue weighted by Crippen LogP contribution is -2.47. The second-order valence-electron chi connectivity index (χ2n) is 3.80. The lowest BCUT2D eigenvalue weighted by Gasteiger charge is -2.33. The van der Waals surface area contributed by atoms with E-state index in [2.05, 4.69) is 4.90 Å². The van der Waals surface area contributed by atoms with Crippen molar-refractivity contribution in [2.75, 3.05) is 19.7 Å². The molecule has 82 valence electrons. The van der Waals surface area contributed by atoms with Crippen molar-refractivity contribution in [1.82, 2.24) is 4.90 Å². The van der Waals surface area contributed by atoms with E-state index in [9.17, 15) is 4.79 Å². The number of ether oxygens (including phenoxy) is 1. The van der Waals surface area contributed by atoms with E-state index in [0.717, 1.165) is 25.9 Å². The minimum Gasteiger partial charge on any atom is -0.465 e. The topological polar surface area (TPSA) is 55.6 Å². The molecule has 4 nitrogen and oxygen atoms in total.